The fourth-order valence-electron chi connectivity index (χ4n) is 1.46. The number of carbonyl (C=O) groups is 2. The van der Waals surface area contributed by atoms with Gasteiger partial charge in [-0.15, -0.1) is 0 Å². The molecule has 116 valence electrons. The second kappa shape index (κ2) is 7.19. The summed E-state index contributed by atoms with van der Waals surface area (Å²) in [4.78, 5) is 22.8. The van der Waals surface area contributed by atoms with Crippen LogP contribution in [0.1, 0.15) is 24.2 Å². The van der Waals surface area contributed by atoms with Gasteiger partial charge >= 0.3 is 5.97 Å². The molecule has 7 nitrogen and oxygen atoms in total. The molecule has 0 spiro atoms. The number of nitrogens with one attached hydrogen (secondary N) is 1. The Morgan fingerprint density at radius 2 is 1.86 bits per heavy atom. The zero-order chi connectivity index (χ0) is 16.0. The molecule has 0 aliphatic heterocycles. The van der Waals surface area contributed by atoms with Crippen LogP contribution in [0.25, 0.3) is 0 Å². The van der Waals surface area contributed by atoms with Crippen LogP contribution in [0.3, 0.4) is 0 Å². The summed E-state index contributed by atoms with van der Waals surface area (Å²) < 4.78 is 35.6. The third-order valence-electron chi connectivity index (χ3n) is 2.38. The Morgan fingerprint density at radius 1 is 1.24 bits per heavy atom. The minimum absolute atomic E-state index is 0.148. The lowest BCUT2D eigenvalue weighted by Crippen LogP contribution is -2.35. The van der Waals surface area contributed by atoms with Gasteiger partial charge < -0.3 is 9.47 Å². The van der Waals surface area contributed by atoms with E-state index in [0.29, 0.717) is 0 Å². The quantitative estimate of drug-likeness (QED) is 0.776. The van der Waals surface area contributed by atoms with Gasteiger partial charge in [0.2, 0.25) is 0 Å². The standard InChI is InChI=1S/C13H17NO6S/c1-9(2)20-8-12(15)14-21(17,18)11-7-5-4-6-10(11)13(16)19-3/h4-7,9H,8H2,1-3H3,(H,14,15). The third kappa shape index (κ3) is 4.83. The lowest BCUT2D eigenvalue weighted by Gasteiger charge is -2.11. The maximum atomic E-state index is 12.1. The molecule has 8 heteroatoms. The number of hydrogen-bond acceptors (Lipinski definition) is 6. The van der Waals surface area contributed by atoms with Gasteiger partial charge in [-0.3, -0.25) is 4.79 Å². The summed E-state index contributed by atoms with van der Waals surface area (Å²) >= 11 is 0. The van der Waals surface area contributed by atoms with E-state index in [0.717, 1.165) is 7.11 Å². The van der Waals surface area contributed by atoms with E-state index in [1.165, 1.54) is 24.3 Å². The molecule has 0 saturated carbocycles. The molecule has 0 radical (unpaired) electrons. The van der Waals surface area contributed by atoms with Gasteiger partial charge in [0.1, 0.15) is 11.5 Å². The molecule has 1 N–H and O–H groups in total. The highest BCUT2D eigenvalue weighted by molar-refractivity contribution is 7.90. The molecule has 1 amide bonds. The summed E-state index contributed by atoms with van der Waals surface area (Å²) in [6.07, 6.45) is -0.208. The van der Waals surface area contributed by atoms with Crippen molar-refractivity contribution in [2.75, 3.05) is 13.7 Å². The first kappa shape index (κ1) is 17.1. The van der Waals surface area contributed by atoms with Crippen LogP contribution in [0, 0.1) is 0 Å². The Morgan fingerprint density at radius 3 is 2.43 bits per heavy atom. The molecular formula is C13H17NO6S. The Hall–Kier alpha value is -1.93. The van der Waals surface area contributed by atoms with Crippen molar-refractivity contribution in [3.8, 4) is 0 Å². The highest BCUT2D eigenvalue weighted by Gasteiger charge is 2.24. The van der Waals surface area contributed by atoms with Gasteiger partial charge in [-0.2, -0.15) is 0 Å². The predicted molar refractivity (Wildman–Crippen MR) is 74.2 cm³/mol. The molecule has 0 heterocycles. The Kier molecular flexibility index (Phi) is 5.86. The molecule has 0 aromatic heterocycles. The SMILES string of the molecule is COC(=O)c1ccccc1S(=O)(=O)NC(=O)COC(C)C. The highest BCUT2D eigenvalue weighted by Crippen LogP contribution is 2.16. The molecular weight excluding hydrogens is 298 g/mol. The van der Waals surface area contributed by atoms with Crippen molar-refractivity contribution in [1.82, 2.24) is 4.72 Å². The molecule has 1 rings (SSSR count). The number of rotatable bonds is 6. The largest absolute Gasteiger partial charge is 0.465 e. The molecule has 0 aliphatic carbocycles. The number of carbonyl (C=O) groups excluding carboxylic acids is 2. The number of sulfonamides is 1. The van der Waals surface area contributed by atoms with Gasteiger partial charge in [-0.1, -0.05) is 12.1 Å². The van der Waals surface area contributed by atoms with Gasteiger partial charge in [0.25, 0.3) is 15.9 Å². The summed E-state index contributed by atoms with van der Waals surface area (Å²) in [5.41, 5.74) is -0.148. The minimum atomic E-state index is -4.17. The molecule has 1 aromatic rings. The first-order valence-electron chi connectivity index (χ1n) is 6.12. The number of ether oxygens (including phenoxy) is 2. The molecule has 0 saturated heterocycles. The molecule has 0 atom stereocenters. The maximum absolute atomic E-state index is 12.1. The third-order valence-corrected chi connectivity index (χ3v) is 3.81. The van der Waals surface area contributed by atoms with Gasteiger partial charge in [0, 0.05) is 0 Å². The molecule has 0 bridgehead atoms. The smallest absolute Gasteiger partial charge is 0.339 e. The zero-order valence-electron chi connectivity index (χ0n) is 12.0. The Bertz CT molecular complexity index is 623. The Balaban J connectivity index is 2.98. The average Bonchev–Trinajstić information content (AvgIpc) is 2.44. The number of methoxy groups -OCH3 is 1. The first-order valence-corrected chi connectivity index (χ1v) is 7.61. The van der Waals surface area contributed by atoms with E-state index in [1.807, 2.05) is 4.72 Å². The van der Waals surface area contributed by atoms with E-state index >= 15 is 0 Å². The maximum Gasteiger partial charge on any atom is 0.339 e. The van der Waals surface area contributed by atoms with Crippen LogP contribution < -0.4 is 4.72 Å². The zero-order valence-corrected chi connectivity index (χ0v) is 12.8. The molecule has 0 aliphatic rings. The van der Waals surface area contributed by atoms with Crippen LogP contribution in [-0.4, -0.2) is 40.1 Å². The number of amides is 1. The summed E-state index contributed by atoms with van der Waals surface area (Å²) in [5, 5.41) is 0. The topological polar surface area (TPSA) is 98.8 Å². The van der Waals surface area contributed by atoms with Crippen LogP contribution in [0.15, 0.2) is 29.2 Å². The summed E-state index contributed by atoms with van der Waals surface area (Å²) in [6, 6.07) is 5.45. The van der Waals surface area contributed by atoms with Crippen LogP contribution in [0.4, 0.5) is 0 Å². The number of benzene rings is 1. The van der Waals surface area contributed by atoms with E-state index in [4.69, 9.17) is 4.74 Å². The van der Waals surface area contributed by atoms with Crippen molar-refractivity contribution in [3.05, 3.63) is 29.8 Å². The first-order chi connectivity index (χ1) is 9.77. The monoisotopic (exact) mass is 315 g/mol. The fraction of sp³-hybridized carbons (Fsp3) is 0.385. The van der Waals surface area contributed by atoms with E-state index in [2.05, 4.69) is 4.74 Å². The van der Waals surface area contributed by atoms with E-state index in [-0.39, 0.29) is 16.6 Å². The lowest BCUT2D eigenvalue weighted by molar-refractivity contribution is -0.125. The summed E-state index contributed by atoms with van der Waals surface area (Å²) in [5.74, 6) is -1.62. The van der Waals surface area contributed by atoms with Crippen molar-refractivity contribution in [3.63, 3.8) is 0 Å². The van der Waals surface area contributed by atoms with E-state index < -0.39 is 28.5 Å². The van der Waals surface area contributed by atoms with Gasteiger partial charge in [-0.25, -0.2) is 17.9 Å². The van der Waals surface area contributed by atoms with Crippen molar-refractivity contribution >= 4 is 21.9 Å². The van der Waals surface area contributed by atoms with Gasteiger partial charge in [-0.05, 0) is 26.0 Å². The minimum Gasteiger partial charge on any atom is -0.465 e. The predicted octanol–water partition coefficient (Wildman–Crippen LogP) is 0.703. The van der Waals surface area contributed by atoms with Crippen LogP contribution in [0.5, 0.6) is 0 Å². The molecule has 0 fully saturated rings. The van der Waals surface area contributed by atoms with Crippen molar-refractivity contribution in [2.24, 2.45) is 0 Å². The van der Waals surface area contributed by atoms with E-state index in [1.54, 1.807) is 13.8 Å². The Labute approximate surface area is 123 Å². The average molecular weight is 315 g/mol. The summed E-state index contributed by atoms with van der Waals surface area (Å²) in [6.45, 7) is 3.04. The van der Waals surface area contributed by atoms with Crippen molar-refractivity contribution < 1.29 is 27.5 Å². The lowest BCUT2D eigenvalue weighted by atomic mass is 10.2. The highest BCUT2D eigenvalue weighted by atomic mass is 32.2. The number of esters is 1. The fourth-order valence-corrected chi connectivity index (χ4v) is 2.62. The van der Waals surface area contributed by atoms with Crippen molar-refractivity contribution in [1.29, 1.82) is 0 Å². The second-order valence-corrected chi connectivity index (χ2v) is 6.03. The van der Waals surface area contributed by atoms with Crippen molar-refractivity contribution in [2.45, 2.75) is 24.8 Å². The normalized spacial score (nSPS) is 11.2. The van der Waals surface area contributed by atoms with Crippen LogP contribution in [0.2, 0.25) is 0 Å². The molecule has 0 unspecified atom stereocenters. The molecule has 21 heavy (non-hydrogen) atoms. The number of hydrogen-bond donors (Lipinski definition) is 1. The van der Waals surface area contributed by atoms with Crippen LogP contribution >= 0.6 is 0 Å². The van der Waals surface area contributed by atoms with Crippen LogP contribution in [-0.2, 0) is 24.3 Å². The second-order valence-electron chi connectivity index (χ2n) is 4.38. The van der Waals surface area contributed by atoms with Gasteiger partial charge in [0.05, 0.1) is 18.8 Å². The van der Waals surface area contributed by atoms with E-state index in [9.17, 15) is 18.0 Å². The van der Waals surface area contributed by atoms with Gasteiger partial charge in [0.15, 0.2) is 0 Å². The molecule has 1 aromatic carbocycles. The summed E-state index contributed by atoms with van der Waals surface area (Å²) in [7, 11) is -3.03.